The van der Waals surface area contributed by atoms with Crippen molar-refractivity contribution >= 4 is 22.1 Å². The van der Waals surface area contributed by atoms with Crippen LogP contribution in [0.5, 0.6) is 11.5 Å². The van der Waals surface area contributed by atoms with Gasteiger partial charge in [-0.15, -0.1) is 0 Å². The number of aromatic nitrogens is 4. The molecular weight excluding hydrogens is 484 g/mol. The van der Waals surface area contributed by atoms with Crippen molar-refractivity contribution in [2.75, 3.05) is 13.2 Å². The topological polar surface area (TPSA) is 75.8 Å². The summed E-state index contributed by atoms with van der Waals surface area (Å²) in [5.74, 6) is 3.56. The van der Waals surface area contributed by atoms with Crippen molar-refractivity contribution in [1.29, 1.82) is 0 Å². The molecule has 0 unspecified atom stereocenters. The molecule has 2 heterocycles. The van der Waals surface area contributed by atoms with E-state index in [0.717, 1.165) is 95.2 Å². The van der Waals surface area contributed by atoms with E-state index < -0.39 is 0 Å². The molecule has 0 radical (unpaired) electrons. The summed E-state index contributed by atoms with van der Waals surface area (Å²) in [5.41, 5.74) is 6.17. The molecule has 0 aliphatic carbocycles. The summed E-state index contributed by atoms with van der Waals surface area (Å²) in [5, 5.41) is 0. The zero-order valence-corrected chi connectivity index (χ0v) is 21.9. The number of nitrogens with one attached hydrogen (secondary N) is 2. The molecule has 39 heavy (non-hydrogen) atoms. The maximum Gasteiger partial charge on any atom is 0.138 e. The molecule has 2 N–H and O–H groups in total. The van der Waals surface area contributed by atoms with Gasteiger partial charge in [0.15, 0.2) is 0 Å². The van der Waals surface area contributed by atoms with Gasteiger partial charge in [-0.1, -0.05) is 43.5 Å². The lowest BCUT2D eigenvalue weighted by Crippen LogP contribution is -1.99. The van der Waals surface area contributed by atoms with Gasteiger partial charge in [-0.05, 0) is 85.6 Å². The van der Waals surface area contributed by atoms with E-state index in [4.69, 9.17) is 9.47 Å². The second-order valence-electron chi connectivity index (χ2n) is 9.72. The Hall–Kier alpha value is -4.58. The molecule has 0 amide bonds. The molecule has 6 nitrogen and oxygen atoms in total. The van der Waals surface area contributed by atoms with E-state index in [2.05, 4.69) is 44.2 Å². The van der Waals surface area contributed by atoms with Crippen LogP contribution in [0.3, 0.4) is 0 Å². The number of imidazole rings is 2. The van der Waals surface area contributed by atoms with Crippen LogP contribution in [0.2, 0.25) is 0 Å². The molecule has 0 bridgehead atoms. The Balaban J connectivity index is 0.851. The number of hydrogen-bond acceptors (Lipinski definition) is 4. The number of fused-ring (bicyclic) bond motifs is 2. The molecule has 0 saturated carbocycles. The van der Waals surface area contributed by atoms with Gasteiger partial charge in [-0.2, -0.15) is 0 Å². The predicted molar refractivity (Wildman–Crippen MR) is 157 cm³/mol. The number of hydrogen-bond donors (Lipinski definition) is 2. The molecule has 6 heteroatoms. The van der Waals surface area contributed by atoms with Crippen LogP contribution in [-0.2, 0) is 0 Å². The first-order chi connectivity index (χ1) is 19.3. The fourth-order valence-electron chi connectivity index (χ4n) is 4.71. The summed E-state index contributed by atoms with van der Waals surface area (Å²) < 4.78 is 11.9. The standard InChI is InChI=1S/C33H32N4O2/c1(2-8-22-38-26-18-14-24(15-19-26)32-34-28-10-4-5-11-29(28)35-32)3-9-23-39-27-20-16-25(17-21-27)33-36-30-12-6-7-13-31(30)37-33/h4-7,10-21H,1-3,8-9,22-23H2,(H,34,35)(H,36,37). The van der Waals surface area contributed by atoms with Gasteiger partial charge < -0.3 is 19.4 Å². The molecular formula is C33H32N4O2. The third kappa shape index (κ3) is 6.12. The van der Waals surface area contributed by atoms with Crippen LogP contribution in [0, 0.1) is 0 Å². The Morgan fingerprint density at radius 1 is 0.462 bits per heavy atom. The van der Waals surface area contributed by atoms with Gasteiger partial charge in [-0.25, -0.2) is 9.97 Å². The summed E-state index contributed by atoms with van der Waals surface area (Å²) in [7, 11) is 0. The van der Waals surface area contributed by atoms with Crippen molar-refractivity contribution < 1.29 is 9.47 Å². The van der Waals surface area contributed by atoms with Crippen molar-refractivity contribution in [3.8, 4) is 34.3 Å². The van der Waals surface area contributed by atoms with Gasteiger partial charge in [0.25, 0.3) is 0 Å². The average Bonchev–Trinajstić information content (AvgIpc) is 3.62. The Bertz CT molecular complexity index is 1450. The lowest BCUT2D eigenvalue weighted by atomic mass is 10.1. The first-order valence-corrected chi connectivity index (χ1v) is 13.7. The zero-order chi connectivity index (χ0) is 26.3. The van der Waals surface area contributed by atoms with Gasteiger partial charge >= 0.3 is 0 Å². The van der Waals surface area contributed by atoms with Crippen molar-refractivity contribution in [3.63, 3.8) is 0 Å². The van der Waals surface area contributed by atoms with Gasteiger partial charge in [0.2, 0.25) is 0 Å². The van der Waals surface area contributed by atoms with E-state index >= 15 is 0 Å². The molecule has 2 aromatic heterocycles. The third-order valence-electron chi connectivity index (χ3n) is 6.86. The van der Waals surface area contributed by atoms with Crippen molar-refractivity contribution in [1.82, 2.24) is 19.9 Å². The molecule has 0 atom stereocenters. The number of rotatable bonds is 12. The summed E-state index contributed by atoms with van der Waals surface area (Å²) in [6.45, 7) is 1.47. The van der Waals surface area contributed by atoms with Crippen molar-refractivity contribution in [2.45, 2.75) is 32.1 Å². The predicted octanol–water partition coefficient (Wildman–Crippen LogP) is 8.18. The van der Waals surface area contributed by atoms with E-state index in [1.54, 1.807) is 0 Å². The normalized spacial score (nSPS) is 11.3. The van der Waals surface area contributed by atoms with Crippen molar-refractivity contribution in [2.24, 2.45) is 0 Å². The van der Waals surface area contributed by atoms with Crippen LogP contribution in [0.1, 0.15) is 32.1 Å². The molecule has 4 aromatic carbocycles. The molecule has 0 saturated heterocycles. The summed E-state index contributed by atoms with van der Waals surface area (Å²) in [4.78, 5) is 16.1. The highest BCUT2D eigenvalue weighted by atomic mass is 16.5. The van der Waals surface area contributed by atoms with Gasteiger partial charge in [-0.3, -0.25) is 0 Å². The summed E-state index contributed by atoms with van der Waals surface area (Å²) in [6.07, 6.45) is 5.60. The highest BCUT2D eigenvalue weighted by molar-refractivity contribution is 5.80. The average molecular weight is 517 g/mol. The van der Waals surface area contributed by atoms with Crippen LogP contribution in [0.25, 0.3) is 44.8 Å². The maximum absolute atomic E-state index is 5.94. The number of H-pyrrole nitrogens is 2. The number of ether oxygens (including phenoxy) is 2. The minimum atomic E-state index is 0.734. The molecule has 0 fully saturated rings. The van der Waals surface area contributed by atoms with Crippen LogP contribution in [-0.4, -0.2) is 33.1 Å². The van der Waals surface area contributed by atoms with Crippen LogP contribution in [0.4, 0.5) is 0 Å². The first-order valence-electron chi connectivity index (χ1n) is 13.7. The highest BCUT2D eigenvalue weighted by Crippen LogP contribution is 2.24. The Morgan fingerprint density at radius 3 is 1.31 bits per heavy atom. The van der Waals surface area contributed by atoms with Crippen LogP contribution < -0.4 is 9.47 Å². The van der Waals surface area contributed by atoms with Crippen LogP contribution in [0.15, 0.2) is 97.1 Å². The number of aromatic amines is 2. The summed E-state index contributed by atoms with van der Waals surface area (Å²) in [6, 6.07) is 32.4. The van der Waals surface area contributed by atoms with Gasteiger partial charge in [0.05, 0.1) is 35.3 Å². The monoisotopic (exact) mass is 516 g/mol. The molecule has 196 valence electrons. The smallest absolute Gasteiger partial charge is 0.138 e. The minimum Gasteiger partial charge on any atom is -0.494 e. The Labute approximate surface area is 228 Å². The zero-order valence-electron chi connectivity index (χ0n) is 21.9. The lowest BCUT2D eigenvalue weighted by Gasteiger charge is -2.08. The molecule has 0 spiro atoms. The van der Waals surface area contributed by atoms with E-state index in [9.17, 15) is 0 Å². The number of benzene rings is 4. The van der Waals surface area contributed by atoms with E-state index in [1.165, 1.54) is 6.42 Å². The molecule has 6 aromatic rings. The first kappa shape index (κ1) is 24.7. The molecule has 0 aliphatic heterocycles. The summed E-state index contributed by atoms with van der Waals surface area (Å²) >= 11 is 0. The number of para-hydroxylation sites is 4. The Kier molecular flexibility index (Phi) is 7.52. The minimum absolute atomic E-state index is 0.734. The fourth-order valence-corrected chi connectivity index (χ4v) is 4.71. The SMILES string of the molecule is c1ccc2[nH]c(-c3ccc(OCCCCCCCOc4ccc(-c5nc6ccccc6[nH]5)cc4)cc3)nc2c1. The molecule has 0 aliphatic rings. The second kappa shape index (κ2) is 11.9. The van der Waals surface area contributed by atoms with Gasteiger partial charge in [0.1, 0.15) is 23.1 Å². The Morgan fingerprint density at radius 2 is 0.872 bits per heavy atom. The van der Waals surface area contributed by atoms with E-state index in [-0.39, 0.29) is 0 Å². The van der Waals surface area contributed by atoms with E-state index in [0.29, 0.717) is 0 Å². The van der Waals surface area contributed by atoms with E-state index in [1.807, 2.05) is 72.8 Å². The van der Waals surface area contributed by atoms with Gasteiger partial charge in [0, 0.05) is 11.1 Å². The quantitative estimate of drug-likeness (QED) is 0.161. The molecule has 6 rings (SSSR count). The third-order valence-corrected chi connectivity index (χ3v) is 6.86. The fraction of sp³-hybridized carbons (Fsp3) is 0.212. The largest absolute Gasteiger partial charge is 0.494 e. The number of unbranched alkanes of at least 4 members (excludes halogenated alkanes) is 4. The second-order valence-corrected chi connectivity index (χ2v) is 9.72. The maximum atomic E-state index is 5.94. The number of nitrogens with zero attached hydrogens (tertiary/aromatic N) is 2. The highest BCUT2D eigenvalue weighted by Gasteiger charge is 2.06. The lowest BCUT2D eigenvalue weighted by molar-refractivity contribution is 0.293. The van der Waals surface area contributed by atoms with Crippen molar-refractivity contribution in [3.05, 3.63) is 97.1 Å². The van der Waals surface area contributed by atoms with Crippen LogP contribution >= 0.6 is 0 Å².